The number of amides is 2. The lowest BCUT2D eigenvalue weighted by atomic mass is 10.0. The van der Waals surface area contributed by atoms with Gasteiger partial charge in [0.25, 0.3) is 0 Å². The fourth-order valence-electron chi connectivity index (χ4n) is 2.62. The van der Waals surface area contributed by atoms with E-state index < -0.39 is 24.1 Å². The summed E-state index contributed by atoms with van der Waals surface area (Å²) in [5.41, 5.74) is 6.11. The third-order valence-corrected chi connectivity index (χ3v) is 4.36. The fraction of sp³-hybridized carbons (Fsp3) is 0.250. The number of benzene rings is 2. The maximum Gasteiger partial charge on any atom is 0.312 e. The van der Waals surface area contributed by atoms with Crippen molar-refractivity contribution in [2.24, 2.45) is 5.73 Å². The molecule has 0 saturated carbocycles. The number of methoxy groups -OCH3 is 1. The van der Waals surface area contributed by atoms with Crippen molar-refractivity contribution in [2.75, 3.05) is 7.11 Å². The van der Waals surface area contributed by atoms with Crippen molar-refractivity contribution in [2.45, 2.75) is 25.5 Å². The number of Topliss-reactive ketones (excluding diaryl/α,β-unsaturated/α-hetero) is 1. The number of carbonyl (C=O) groups excluding carboxylic acids is 3. The number of nitrogens with two attached hydrogens (primary N) is 1. The van der Waals surface area contributed by atoms with Crippen LogP contribution in [0.5, 0.6) is 5.75 Å². The molecule has 2 rings (SSSR count). The van der Waals surface area contributed by atoms with Gasteiger partial charge in [-0.15, -0.1) is 0 Å². The van der Waals surface area contributed by atoms with Gasteiger partial charge in [-0.2, -0.15) is 0 Å². The molecule has 7 nitrogen and oxygen atoms in total. The quantitative estimate of drug-likeness (QED) is 0.518. The first-order valence-corrected chi connectivity index (χ1v) is 8.87. The van der Waals surface area contributed by atoms with Gasteiger partial charge in [-0.25, -0.2) is 4.79 Å². The summed E-state index contributed by atoms with van der Waals surface area (Å²) in [5.74, 6) is -0.414. The van der Waals surface area contributed by atoms with Crippen LogP contribution < -0.4 is 15.8 Å². The number of ether oxygens (including phenoxy) is 2. The summed E-state index contributed by atoms with van der Waals surface area (Å²) in [5, 5.41) is 2.84. The van der Waals surface area contributed by atoms with Crippen molar-refractivity contribution in [3.8, 4) is 5.75 Å². The minimum absolute atomic E-state index is 0.229. The van der Waals surface area contributed by atoms with E-state index in [1.54, 1.807) is 48.5 Å². The summed E-state index contributed by atoms with van der Waals surface area (Å²) in [4.78, 5) is 36.1. The molecule has 0 aliphatic rings. The number of carbonyl (C=O) groups is 3. The molecule has 0 aliphatic heterocycles. The Morgan fingerprint density at radius 2 is 1.75 bits per heavy atom. The van der Waals surface area contributed by atoms with Gasteiger partial charge in [0, 0.05) is 10.6 Å². The Hall–Kier alpha value is -3.06. The smallest absolute Gasteiger partial charge is 0.312 e. The minimum Gasteiger partial charge on any atom is -0.497 e. The Bertz CT molecular complexity index is 854. The number of rotatable bonds is 8. The van der Waals surface area contributed by atoms with Gasteiger partial charge in [-0.3, -0.25) is 9.59 Å². The van der Waals surface area contributed by atoms with Gasteiger partial charge in [0.05, 0.1) is 19.6 Å². The number of hydrogen-bond acceptors (Lipinski definition) is 5. The van der Waals surface area contributed by atoms with Crippen LogP contribution in [0.25, 0.3) is 0 Å². The molecule has 0 spiro atoms. The van der Waals surface area contributed by atoms with Crippen LogP contribution in [0.15, 0.2) is 48.5 Å². The van der Waals surface area contributed by atoms with Gasteiger partial charge in [0.15, 0.2) is 6.10 Å². The number of halogens is 1. The van der Waals surface area contributed by atoms with Crippen molar-refractivity contribution >= 4 is 29.4 Å². The van der Waals surface area contributed by atoms with Crippen molar-refractivity contribution in [1.29, 1.82) is 0 Å². The second kappa shape index (κ2) is 9.75. The number of esters is 1. The average molecular weight is 405 g/mol. The van der Waals surface area contributed by atoms with Crippen molar-refractivity contribution < 1.29 is 23.9 Å². The molecular weight excluding hydrogens is 384 g/mol. The summed E-state index contributed by atoms with van der Waals surface area (Å²) < 4.78 is 10.3. The maximum absolute atomic E-state index is 12.4. The lowest BCUT2D eigenvalue weighted by molar-refractivity contribution is -0.146. The van der Waals surface area contributed by atoms with Crippen LogP contribution in [0, 0.1) is 0 Å². The molecule has 2 aromatic carbocycles. The Morgan fingerprint density at radius 1 is 1.11 bits per heavy atom. The molecule has 0 aromatic heterocycles. The number of hydrogen-bond donors (Lipinski definition) is 2. The summed E-state index contributed by atoms with van der Waals surface area (Å²) >= 11 is 6.14. The SMILES string of the molecule is COc1ccc(C(=O)[C@H](C)OC(=O)C[C@H](NC(N)=O)c2ccccc2Cl)cc1. The monoisotopic (exact) mass is 404 g/mol. The van der Waals surface area contributed by atoms with Gasteiger partial charge in [0.2, 0.25) is 5.78 Å². The Balaban J connectivity index is 2.05. The van der Waals surface area contributed by atoms with Crippen LogP contribution in [-0.2, 0) is 9.53 Å². The van der Waals surface area contributed by atoms with Gasteiger partial charge >= 0.3 is 12.0 Å². The first kappa shape index (κ1) is 21.2. The maximum atomic E-state index is 12.4. The summed E-state index contributed by atoms with van der Waals surface area (Å²) in [7, 11) is 1.52. The molecule has 0 heterocycles. The minimum atomic E-state index is -0.999. The molecule has 0 unspecified atom stereocenters. The third-order valence-electron chi connectivity index (χ3n) is 4.02. The van der Waals surface area contributed by atoms with E-state index in [4.69, 9.17) is 26.8 Å². The average Bonchev–Trinajstić information content (AvgIpc) is 2.67. The second-order valence-electron chi connectivity index (χ2n) is 6.01. The zero-order chi connectivity index (χ0) is 20.7. The van der Waals surface area contributed by atoms with Gasteiger partial charge < -0.3 is 20.5 Å². The topological polar surface area (TPSA) is 108 Å². The Labute approximate surface area is 167 Å². The molecule has 2 amide bonds. The number of primary amides is 1. The van der Waals surface area contributed by atoms with Crippen LogP contribution in [0.3, 0.4) is 0 Å². The summed E-state index contributed by atoms with van der Waals surface area (Å²) in [6.07, 6.45) is -1.23. The van der Waals surface area contributed by atoms with Gasteiger partial charge in [-0.1, -0.05) is 29.8 Å². The molecule has 0 radical (unpaired) electrons. The highest BCUT2D eigenvalue weighted by Crippen LogP contribution is 2.25. The van der Waals surface area contributed by atoms with E-state index >= 15 is 0 Å². The van der Waals surface area contributed by atoms with E-state index in [0.717, 1.165) is 0 Å². The molecule has 0 aliphatic carbocycles. The van der Waals surface area contributed by atoms with Gasteiger partial charge in [0.1, 0.15) is 5.75 Å². The molecule has 0 fully saturated rings. The summed E-state index contributed by atoms with van der Waals surface area (Å²) in [6.45, 7) is 1.48. The van der Waals surface area contributed by atoms with E-state index in [9.17, 15) is 14.4 Å². The first-order chi connectivity index (χ1) is 13.3. The molecule has 0 bridgehead atoms. The predicted octanol–water partition coefficient (Wildman–Crippen LogP) is 3.26. The first-order valence-electron chi connectivity index (χ1n) is 8.50. The van der Waals surface area contributed by atoms with E-state index in [1.165, 1.54) is 14.0 Å². The van der Waals surface area contributed by atoms with E-state index in [0.29, 0.717) is 21.9 Å². The highest BCUT2D eigenvalue weighted by atomic mass is 35.5. The molecule has 3 N–H and O–H groups in total. The van der Waals surface area contributed by atoms with Crippen molar-refractivity contribution in [3.05, 3.63) is 64.7 Å². The van der Waals surface area contributed by atoms with E-state index in [1.807, 2.05) is 0 Å². The van der Waals surface area contributed by atoms with E-state index in [2.05, 4.69) is 5.32 Å². The van der Waals surface area contributed by atoms with Crippen LogP contribution in [0.4, 0.5) is 4.79 Å². The van der Waals surface area contributed by atoms with E-state index in [-0.39, 0.29) is 12.2 Å². The molecule has 28 heavy (non-hydrogen) atoms. The summed E-state index contributed by atoms with van der Waals surface area (Å²) in [6, 6.07) is 11.6. The van der Waals surface area contributed by atoms with Crippen LogP contribution in [0.1, 0.15) is 35.3 Å². The number of nitrogens with one attached hydrogen (secondary N) is 1. The third kappa shape index (κ3) is 5.72. The molecule has 0 saturated heterocycles. The molecule has 2 aromatic rings. The zero-order valence-corrected chi connectivity index (χ0v) is 16.2. The number of urea groups is 1. The highest BCUT2D eigenvalue weighted by molar-refractivity contribution is 6.31. The normalized spacial score (nSPS) is 12.5. The van der Waals surface area contributed by atoms with Crippen LogP contribution >= 0.6 is 11.6 Å². The fourth-order valence-corrected chi connectivity index (χ4v) is 2.89. The zero-order valence-electron chi connectivity index (χ0n) is 15.5. The largest absolute Gasteiger partial charge is 0.497 e. The van der Waals surface area contributed by atoms with Gasteiger partial charge in [-0.05, 0) is 42.8 Å². The molecule has 148 valence electrons. The van der Waals surface area contributed by atoms with Crippen LogP contribution in [-0.4, -0.2) is 31.0 Å². The standard InChI is InChI=1S/C20H21ClN2O5/c1-12(19(25)13-7-9-14(27-2)10-8-13)28-18(24)11-17(23-20(22)26)15-5-3-4-6-16(15)21/h3-10,12,17H,11H2,1-2H3,(H3,22,23,26)/t12-,17-/m0/s1. The second-order valence-corrected chi connectivity index (χ2v) is 6.42. The molecular formula is C20H21ClN2O5. The highest BCUT2D eigenvalue weighted by Gasteiger charge is 2.24. The van der Waals surface area contributed by atoms with Crippen molar-refractivity contribution in [1.82, 2.24) is 5.32 Å². The Kier molecular flexibility index (Phi) is 7.40. The Morgan fingerprint density at radius 3 is 2.32 bits per heavy atom. The lowest BCUT2D eigenvalue weighted by Gasteiger charge is -2.20. The molecule has 2 atom stereocenters. The molecule has 8 heteroatoms. The van der Waals surface area contributed by atoms with Crippen molar-refractivity contribution in [3.63, 3.8) is 0 Å². The number of ketones is 1. The lowest BCUT2D eigenvalue weighted by Crippen LogP contribution is -2.35. The van der Waals surface area contributed by atoms with Crippen LogP contribution in [0.2, 0.25) is 5.02 Å². The predicted molar refractivity (Wildman–Crippen MR) is 104 cm³/mol.